The van der Waals surface area contributed by atoms with E-state index >= 15 is 0 Å². The smallest absolute Gasteiger partial charge is 0.146 e. The third-order valence-electron chi connectivity index (χ3n) is 1.20. The standard InChI is InChI=1S/C7H7ClO2/c8-10-7-3-1-6(5-9)2-4-7/h1-4,9H,5H2. The molecule has 0 aliphatic carbocycles. The molecule has 0 fully saturated rings. The lowest BCUT2D eigenvalue weighted by Crippen LogP contribution is -1.81. The monoisotopic (exact) mass is 158 g/mol. The van der Waals surface area contributed by atoms with Gasteiger partial charge in [0.05, 0.1) is 6.61 Å². The fraction of sp³-hybridized carbons (Fsp3) is 0.143. The van der Waals surface area contributed by atoms with Crippen LogP contribution in [-0.4, -0.2) is 5.11 Å². The third-order valence-corrected chi connectivity index (χ3v) is 1.37. The van der Waals surface area contributed by atoms with Crippen LogP contribution in [0.1, 0.15) is 5.56 Å². The first kappa shape index (κ1) is 7.38. The molecule has 0 bridgehead atoms. The molecule has 1 rings (SSSR count). The summed E-state index contributed by atoms with van der Waals surface area (Å²) >= 11 is 5.06. The van der Waals surface area contributed by atoms with Gasteiger partial charge in [-0.05, 0) is 17.7 Å². The van der Waals surface area contributed by atoms with Gasteiger partial charge in [-0.1, -0.05) is 12.1 Å². The zero-order chi connectivity index (χ0) is 7.40. The summed E-state index contributed by atoms with van der Waals surface area (Å²) in [6.45, 7) is 0.0442. The largest absolute Gasteiger partial charge is 0.392 e. The molecule has 10 heavy (non-hydrogen) atoms. The van der Waals surface area contributed by atoms with Crippen molar-refractivity contribution in [3.05, 3.63) is 29.8 Å². The van der Waals surface area contributed by atoms with Gasteiger partial charge in [0.25, 0.3) is 0 Å². The number of rotatable bonds is 2. The second-order valence-electron chi connectivity index (χ2n) is 1.88. The molecule has 54 valence electrons. The molecule has 0 atom stereocenters. The van der Waals surface area contributed by atoms with Gasteiger partial charge in [-0.25, -0.2) is 0 Å². The third kappa shape index (κ3) is 1.62. The molecular weight excluding hydrogens is 152 g/mol. The number of aliphatic hydroxyl groups is 1. The average Bonchev–Trinajstić information content (AvgIpc) is 2.05. The van der Waals surface area contributed by atoms with E-state index in [4.69, 9.17) is 17.0 Å². The van der Waals surface area contributed by atoms with Crippen LogP contribution in [0.15, 0.2) is 24.3 Å². The maximum atomic E-state index is 8.63. The van der Waals surface area contributed by atoms with Crippen molar-refractivity contribution in [3.8, 4) is 5.75 Å². The first-order valence-electron chi connectivity index (χ1n) is 2.85. The molecule has 1 aromatic carbocycles. The minimum Gasteiger partial charge on any atom is -0.392 e. The van der Waals surface area contributed by atoms with Gasteiger partial charge in [-0.2, -0.15) is 0 Å². The molecule has 1 N–H and O–H groups in total. The van der Waals surface area contributed by atoms with Crippen molar-refractivity contribution in [1.29, 1.82) is 0 Å². The highest BCUT2D eigenvalue weighted by Gasteiger charge is 1.91. The van der Waals surface area contributed by atoms with Crippen LogP contribution in [0.25, 0.3) is 0 Å². The fourth-order valence-electron chi connectivity index (χ4n) is 0.646. The van der Waals surface area contributed by atoms with E-state index in [0.717, 1.165) is 5.56 Å². The van der Waals surface area contributed by atoms with E-state index in [-0.39, 0.29) is 6.61 Å². The van der Waals surface area contributed by atoms with E-state index in [2.05, 4.69) is 4.29 Å². The van der Waals surface area contributed by atoms with Crippen LogP contribution in [0.4, 0.5) is 0 Å². The lowest BCUT2D eigenvalue weighted by molar-refractivity contribution is 0.282. The van der Waals surface area contributed by atoms with Gasteiger partial charge < -0.3 is 9.40 Å². The molecule has 2 nitrogen and oxygen atoms in total. The molecule has 0 saturated heterocycles. The Labute approximate surface area is 64.2 Å². The molecule has 3 heteroatoms. The molecule has 0 aliphatic rings. The van der Waals surface area contributed by atoms with Gasteiger partial charge in [0.2, 0.25) is 0 Å². The lowest BCUT2D eigenvalue weighted by Gasteiger charge is -1.96. The fourth-order valence-corrected chi connectivity index (χ4v) is 0.749. The molecule has 0 heterocycles. The highest BCUT2D eigenvalue weighted by Crippen LogP contribution is 2.12. The second-order valence-corrected chi connectivity index (χ2v) is 2.03. The number of halogens is 1. The second kappa shape index (κ2) is 3.44. The molecule has 0 saturated carbocycles. The summed E-state index contributed by atoms with van der Waals surface area (Å²) in [5.74, 6) is 0.582. The first-order chi connectivity index (χ1) is 4.86. The van der Waals surface area contributed by atoms with E-state index in [1.165, 1.54) is 0 Å². The summed E-state index contributed by atoms with van der Waals surface area (Å²) in [5, 5.41) is 8.63. The normalized spacial score (nSPS) is 9.40. The molecule has 0 radical (unpaired) electrons. The number of benzene rings is 1. The summed E-state index contributed by atoms with van der Waals surface area (Å²) in [7, 11) is 0. The lowest BCUT2D eigenvalue weighted by atomic mass is 10.2. The van der Waals surface area contributed by atoms with E-state index in [9.17, 15) is 0 Å². The van der Waals surface area contributed by atoms with E-state index in [1.54, 1.807) is 24.3 Å². The number of aliphatic hydroxyl groups excluding tert-OH is 1. The van der Waals surface area contributed by atoms with Crippen molar-refractivity contribution in [2.45, 2.75) is 6.61 Å². The van der Waals surface area contributed by atoms with Gasteiger partial charge in [0.1, 0.15) is 17.6 Å². The van der Waals surface area contributed by atoms with Crippen LogP contribution in [0, 0.1) is 0 Å². The van der Waals surface area contributed by atoms with E-state index < -0.39 is 0 Å². The summed E-state index contributed by atoms with van der Waals surface area (Å²) in [6.07, 6.45) is 0. The zero-order valence-electron chi connectivity index (χ0n) is 5.25. The van der Waals surface area contributed by atoms with Crippen molar-refractivity contribution >= 4 is 11.9 Å². The van der Waals surface area contributed by atoms with Crippen LogP contribution in [0.3, 0.4) is 0 Å². The van der Waals surface area contributed by atoms with Gasteiger partial charge in [-0.15, -0.1) is 0 Å². The number of hydrogen-bond donors (Lipinski definition) is 1. The molecule has 0 unspecified atom stereocenters. The highest BCUT2D eigenvalue weighted by molar-refractivity contribution is 6.09. The SMILES string of the molecule is OCc1ccc(OCl)cc1. The molecule has 0 aromatic heterocycles. The van der Waals surface area contributed by atoms with Crippen LogP contribution in [0.5, 0.6) is 5.75 Å². The maximum absolute atomic E-state index is 8.63. The quantitative estimate of drug-likeness (QED) is 0.710. The Balaban J connectivity index is 2.80. The minimum absolute atomic E-state index is 0.0442. The Morgan fingerprint density at radius 3 is 2.30 bits per heavy atom. The molecule has 0 amide bonds. The molecule has 0 spiro atoms. The van der Waals surface area contributed by atoms with Crippen molar-refractivity contribution < 1.29 is 9.40 Å². The average molecular weight is 159 g/mol. The topological polar surface area (TPSA) is 29.5 Å². The summed E-state index contributed by atoms with van der Waals surface area (Å²) < 4.78 is 4.40. The van der Waals surface area contributed by atoms with Crippen LogP contribution >= 0.6 is 11.9 Å². The Morgan fingerprint density at radius 2 is 1.90 bits per heavy atom. The minimum atomic E-state index is 0.0442. The van der Waals surface area contributed by atoms with Crippen LogP contribution in [-0.2, 0) is 6.61 Å². The van der Waals surface area contributed by atoms with Crippen molar-refractivity contribution in [1.82, 2.24) is 0 Å². The summed E-state index contributed by atoms with van der Waals surface area (Å²) in [6, 6.07) is 6.88. The van der Waals surface area contributed by atoms with Gasteiger partial charge >= 0.3 is 0 Å². The maximum Gasteiger partial charge on any atom is 0.146 e. The Kier molecular flexibility index (Phi) is 2.54. The number of hydrogen-bond acceptors (Lipinski definition) is 2. The van der Waals surface area contributed by atoms with Crippen LogP contribution < -0.4 is 4.29 Å². The molecular formula is C7H7ClO2. The molecule has 0 aliphatic heterocycles. The van der Waals surface area contributed by atoms with E-state index in [0.29, 0.717) is 5.75 Å². The van der Waals surface area contributed by atoms with Gasteiger partial charge in [0, 0.05) is 0 Å². The Bertz CT molecular complexity index is 172. The Hall–Kier alpha value is -0.730. The predicted octanol–water partition coefficient (Wildman–Crippen LogP) is 1.71. The highest BCUT2D eigenvalue weighted by atomic mass is 35.5. The Morgan fingerprint density at radius 1 is 1.30 bits per heavy atom. The summed E-state index contributed by atoms with van der Waals surface area (Å²) in [4.78, 5) is 0. The zero-order valence-corrected chi connectivity index (χ0v) is 6.01. The van der Waals surface area contributed by atoms with Crippen molar-refractivity contribution in [3.63, 3.8) is 0 Å². The van der Waals surface area contributed by atoms with Crippen molar-refractivity contribution in [2.75, 3.05) is 0 Å². The molecule has 1 aromatic rings. The summed E-state index contributed by atoms with van der Waals surface area (Å²) in [5.41, 5.74) is 0.845. The van der Waals surface area contributed by atoms with Gasteiger partial charge in [0.15, 0.2) is 0 Å². The van der Waals surface area contributed by atoms with Crippen molar-refractivity contribution in [2.24, 2.45) is 0 Å². The first-order valence-corrected chi connectivity index (χ1v) is 3.16. The predicted molar refractivity (Wildman–Crippen MR) is 38.8 cm³/mol. The van der Waals surface area contributed by atoms with Crippen LogP contribution in [0.2, 0.25) is 0 Å². The van der Waals surface area contributed by atoms with Gasteiger partial charge in [-0.3, -0.25) is 0 Å². The van der Waals surface area contributed by atoms with E-state index in [1.807, 2.05) is 0 Å².